The van der Waals surface area contributed by atoms with E-state index in [4.69, 9.17) is 11.6 Å². The number of guanidine groups is 1. The number of nitrogens with zero attached hydrogens (tertiary/aromatic N) is 5. The van der Waals surface area contributed by atoms with E-state index in [-0.39, 0.29) is 34.8 Å². The molecule has 2 atom stereocenters. The first-order chi connectivity index (χ1) is 15.4. The van der Waals surface area contributed by atoms with E-state index >= 15 is 0 Å². The molecule has 1 aromatic heterocycles. The number of nitrogens with one attached hydrogen (secondary N) is 1. The van der Waals surface area contributed by atoms with Crippen molar-refractivity contribution >= 4 is 30.2 Å². The SMILES string of the molecule is C=NC(=NC[C@@H]1[C@H](C)CCCN1C(=O)c1cccc(F)c1-c1ncccn1)N/C=C(\C)Cl. The van der Waals surface area contributed by atoms with Gasteiger partial charge in [-0.05, 0) is 50.6 Å². The molecule has 0 aliphatic carbocycles. The van der Waals surface area contributed by atoms with Gasteiger partial charge in [-0.1, -0.05) is 24.6 Å². The molecule has 0 unspecified atom stereocenters. The maximum absolute atomic E-state index is 14.8. The van der Waals surface area contributed by atoms with Crippen LogP contribution in [-0.2, 0) is 0 Å². The zero-order valence-electron chi connectivity index (χ0n) is 18.1. The van der Waals surface area contributed by atoms with Gasteiger partial charge in [0.2, 0.25) is 5.96 Å². The molecular weight excluding hydrogens is 431 g/mol. The van der Waals surface area contributed by atoms with Crippen LogP contribution in [-0.4, -0.2) is 52.6 Å². The first-order valence-electron chi connectivity index (χ1n) is 10.4. The summed E-state index contributed by atoms with van der Waals surface area (Å²) in [6.07, 6.45) is 6.45. The number of carbonyl (C=O) groups is 1. The standard InChI is InChI=1S/C23H26ClFN6O/c1-15-7-5-12-31(19(15)14-30-23(26-3)29-13-16(2)24)22(32)17-8-4-9-18(25)20(17)21-27-10-6-11-28-21/h4,6,8-11,13,15,19H,3,5,7,12,14H2,1-2H3,(H,29,30)/b16-13+/t15-,19-/m1/s1. The summed E-state index contributed by atoms with van der Waals surface area (Å²) in [5, 5.41) is 3.44. The number of piperidine rings is 1. The summed E-state index contributed by atoms with van der Waals surface area (Å²) in [7, 11) is 0. The Labute approximate surface area is 192 Å². The Balaban J connectivity index is 1.92. The Morgan fingerprint density at radius 3 is 2.81 bits per heavy atom. The van der Waals surface area contributed by atoms with E-state index in [1.807, 2.05) is 0 Å². The van der Waals surface area contributed by atoms with Gasteiger partial charge >= 0.3 is 0 Å². The summed E-state index contributed by atoms with van der Waals surface area (Å²) in [6.45, 7) is 8.23. The molecule has 3 rings (SSSR count). The summed E-state index contributed by atoms with van der Waals surface area (Å²) < 4.78 is 14.8. The number of aliphatic imine (C=N–C) groups is 2. The lowest BCUT2D eigenvalue weighted by Crippen LogP contribution is -2.49. The Morgan fingerprint density at radius 2 is 2.12 bits per heavy atom. The predicted molar refractivity (Wildman–Crippen MR) is 125 cm³/mol. The summed E-state index contributed by atoms with van der Waals surface area (Å²) >= 11 is 5.85. The van der Waals surface area contributed by atoms with Gasteiger partial charge in [0.25, 0.3) is 5.91 Å². The van der Waals surface area contributed by atoms with Gasteiger partial charge in [0.05, 0.1) is 23.7 Å². The third-order valence-corrected chi connectivity index (χ3v) is 5.50. The zero-order valence-corrected chi connectivity index (χ0v) is 18.9. The smallest absolute Gasteiger partial charge is 0.255 e. The highest BCUT2D eigenvalue weighted by Crippen LogP contribution is 2.29. The molecule has 2 heterocycles. The molecule has 32 heavy (non-hydrogen) atoms. The van der Waals surface area contributed by atoms with Crippen LogP contribution in [0.2, 0.25) is 0 Å². The monoisotopic (exact) mass is 456 g/mol. The minimum atomic E-state index is -0.535. The second-order valence-corrected chi connectivity index (χ2v) is 8.21. The van der Waals surface area contributed by atoms with Gasteiger partial charge in [-0.3, -0.25) is 4.79 Å². The fraction of sp³-hybridized carbons (Fsp3) is 0.348. The first kappa shape index (κ1) is 23.5. The van der Waals surface area contributed by atoms with Crippen LogP contribution < -0.4 is 5.32 Å². The molecule has 7 nitrogen and oxygen atoms in total. The van der Waals surface area contributed by atoms with Gasteiger partial charge in [0, 0.05) is 30.2 Å². The summed E-state index contributed by atoms with van der Waals surface area (Å²) in [4.78, 5) is 32.0. The Kier molecular flexibility index (Phi) is 8.05. The van der Waals surface area contributed by atoms with E-state index in [1.165, 1.54) is 24.5 Å². The average Bonchev–Trinajstić information content (AvgIpc) is 2.79. The molecule has 1 N–H and O–H groups in total. The molecule has 0 radical (unpaired) electrons. The second-order valence-electron chi connectivity index (χ2n) is 7.62. The normalized spacial score (nSPS) is 19.6. The number of hydrogen-bond donors (Lipinski definition) is 1. The first-order valence-corrected chi connectivity index (χ1v) is 10.8. The minimum Gasteiger partial charge on any atom is -0.334 e. The molecule has 0 saturated carbocycles. The number of amides is 1. The van der Waals surface area contributed by atoms with Crippen molar-refractivity contribution in [3.8, 4) is 11.4 Å². The molecule has 1 saturated heterocycles. The second kappa shape index (κ2) is 10.9. The van der Waals surface area contributed by atoms with Gasteiger partial charge in [-0.25, -0.2) is 24.3 Å². The van der Waals surface area contributed by atoms with Crippen molar-refractivity contribution < 1.29 is 9.18 Å². The lowest BCUT2D eigenvalue weighted by molar-refractivity contribution is 0.0533. The highest BCUT2D eigenvalue weighted by molar-refractivity contribution is 6.29. The van der Waals surface area contributed by atoms with Gasteiger partial charge in [-0.2, -0.15) is 0 Å². The molecular formula is C23H26ClFN6O. The average molecular weight is 457 g/mol. The molecule has 1 aromatic carbocycles. The lowest BCUT2D eigenvalue weighted by Gasteiger charge is -2.39. The fourth-order valence-electron chi connectivity index (χ4n) is 3.78. The summed E-state index contributed by atoms with van der Waals surface area (Å²) in [6, 6.07) is 5.92. The van der Waals surface area contributed by atoms with Crippen molar-refractivity contribution in [3.05, 3.63) is 59.3 Å². The number of benzene rings is 1. The Hall–Kier alpha value is -3.13. The van der Waals surface area contributed by atoms with Crippen LogP contribution in [0.5, 0.6) is 0 Å². The van der Waals surface area contributed by atoms with Crippen LogP contribution in [0.25, 0.3) is 11.4 Å². The zero-order chi connectivity index (χ0) is 23.1. The third kappa shape index (κ3) is 5.56. The summed E-state index contributed by atoms with van der Waals surface area (Å²) in [5.74, 6) is -0.0974. The predicted octanol–water partition coefficient (Wildman–Crippen LogP) is 4.27. The van der Waals surface area contributed by atoms with Crippen molar-refractivity contribution in [1.82, 2.24) is 20.2 Å². The van der Waals surface area contributed by atoms with Crippen molar-refractivity contribution in [2.75, 3.05) is 13.1 Å². The molecule has 0 spiro atoms. The van der Waals surface area contributed by atoms with Crippen LogP contribution in [0, 0.1) is 11.7 Å². The van der Waals surface area contributed by atoms with E-state index in [2.05, 4.69) is 38.9 Å². The molecule has 2 aromatic rings. The molecule has 1 amide bonds. The minimum absolute atomic E-state index is 0.108. The third-order valence-electron chi connectivity index (χ3n) is 5.39. The highest BCUT2D eigenvalue weighted by Gasteiger charge is 2.34. The van der Waals surface area contributed by atoms with E-state index in [9.17, 15) is 9.18 Å². The topological polar surface area (TPSA) is 82.8 Å². The molecule has 168 valence electrons. The van der Waals surface area contributed by atoms with Crippen LogP contribution in [0.3, 0.4) is 0 Å². The summed E-state index contributed by atoms with van der Waals surface area (Å²) in [5.41, 5.74) is 0.344. The number of carbonyl (C=O) groups excluding carboxylic acids is 1. The van der Waals surface area contributed by atoms with Crippen LogP contribution in [0.4, 0.5) is 4.39 Å². The van der Waals surface area contributed by atoms with E-state index in [1.54, 1.807) is 30.2 Å². The van der Waals surface area contributed by atoms with Gasteiger partial charge in [0.15, 0.2) is 5.82 Å². The van der Waals surface area contributed by atoms with Crippen LogP contribution in [0.15, 0.2) is 57.9 Å². The van der Waals surface area contributed by atoms with Gasteiger partial charge in [0.1, 0.15) is 5.82 Å². The maximum Gasteiger partial charge on any atom is 0.255 e. The van der Waals surface area contributed by atoms with E-state index in [0.717, 1.165) is 12.8 Å². The van der Waals surface area contributed by atoms with Gasteiger partial charge < -0.3 is 10.2 Å². The van der Waals surface area contributed by atoms with Crippen molar-refractivity contribution in [3.63, 3.8) is 0 Å². The Morgan fingerprint density at radius 1 is 1.38 bits per heavy atom. The number of likely N-dealkylation sites (tertiary alicyclic amines) is 1. The lowest BCUT2D eigenvalue weighted by atomic mass is 9.89. The van der Waals surface area contributed by atoms with E-state index in [0.29, 0.717) is 24.1 Å². The highest BCUT2D eigenvalue weighted by atomic mass is 35.5. The molecule has 1 aliphatic heterocycles. The maximum atomic E-state index is 14.8. The number of halogens is 2. The van der Waals surface area contributed by atoms with Crippen molar-refractivity contribution in [2.24, 2.45) is 15.9 Å². The van der Waals surface area contributed by atoms with Crippen LogP contribution in [0.1, 0.15) is 37.0 Å². The fourth-order valence-corrected chi connectivity index (χ4v) is 3.83. The quantitative estimate of drug-likeness (QED) is 0.538. The Bertz CT molecular complexity index is 1020. The number of aromatic nitrogens is 2. The van der Waals surface area contributed by atoms with E-state index < -0.39 is 5.82 Å². The van der Waals surface area contributed by atoms with Crippen molar-refractivity contribution in [1.29, 1.82) is 0 Å². The number of rotatable bonds is 5. The van der Waals surface area contributed by atoms with Crippen molar-refractivity contribution in [2.45, 2.75) is 32.7 Å². The van der Waals surface area contributed by atoms with Crippen LogP contribution >= 0.6 is 11.6 Å². The van der Waals surface area contributed by atoms with Gasteiger partial charge in [-0.15, -0.1) is 0 Å². The molecule has 1 aliphatic rings. The number of hydrogen-bond acceptors (Lipinski definition) is 4. The molecule has 9 heteroatoms. The molecule has 0 bridgehead atoms. The largest absolute Gasteiger partial charge is 0.334 e. The molecule has 1 fully saturated rings. The number of allylic oxidation sites excluding steroid dienone is 1.